The van der Waals surface area contributed by atoms with Crippen molar-refractivity contribution in [3.63, 3.8) is 0 Å². The van der Waals surface area contributed by atoms with Gasteiger partial charge in [0.2, 0.25) is 5.91 Å². The molecule has 3 saturated carbocycles. The van der Waals surface area contributed by atoms with E-state index in [2.05, 4.69) is 15.5 Å². The van der Waals surface area contributed by atoms with Crippen LogP contribution in [-0.2, 0) is 16.9 Å². The lowest BCUT2D eigenvalue weighted by Gasteiger charge is -2.73. The summed E-state index contributed by atoms with van der Waals surface area (Å²) < 4.78 is 60.3. The summed E-state index contributed by atoms with van der Waals surface area (Å²) >= 11 is 0. The van der Waals surface area contributed by atoms with Crippen LogP contribution < -0.4 is 0 Å². The highest BCUT2D eigenvalue weighted by molar-refractivity contribution is 5.86. The lowest BCUT2D eigenvalue weighted by atomic mass is 9.31. The van der Waals surface area contributed by atoms with Crippen molar-refractivity contribution in [2.45, 2.75) is 37.3 Å². The van der Waals surface area contributed by atoms with Crippen LogP contribution in [0.3, 0.4) is 0 Å². The molecule has 3 aliphatic carbocycles. The zero-order valence-electron chi connectivity index (χ0n) is 15.7. The normalized spacial score (nSPS) is 27.6. The number of aliphatic hydroxyl groups is 1. The van der Waals surface area contributed by atoms with Crippen molar-refractivity contribution in [1.82, 2.24) is 25.1 Å². The second-order valence-corrected chi connectivity index (χ2v) is 8.36. The fourth-order valence-electron chi connectivity index (χ4n) is 4.93. The molecule has 0 saturated heterocycles. The van der Waals surface area contributed by atoms with Gasteiger partial charge in [-0.2, -0.15) is 0 Å². The van der Waals surface area contributed by atoms with Crippen LogP contribution in [0.1, 0.15) is 24.8 Å². The maximum atomic E-state index is 15.8. The molecule has 2 aromatic rings. The molecule has 1 amide bonds. The number of rotatable bonds is 6. The molecule has 7 nitrogen and oxygen atoms in total. The molecule has 0 radical (unpaired) electrons. The van der Waals surface area contributed by atoms with Gasteiger partial charge in [-0.05, 0) is 41.8 Å². The molecule has 1 N–H and O–H groups in total. The minimum Gasteiger partial charge on any atom is -0.377 e. The van der Waals surface area contributed by atoms with Crippen molar-refractivity contribution < 1.29 is 27.5 Å². The molecular formula is C18H19F4N5O2. The quantitative estimate of drug-likeness (QED) is 0.730. The Morgan fingerprint density at radius 2 is 1.93 bits per heavy atom. The van der Waals surface area contributed by atoms with Crippen LogP contribution >= 0.6 is 0 Å². The molecule has 1 aromatic carbocycles. The van der Waals surface area contributed by atoms with Crippen LogP contribution in [-0.4, -0.2) is 56.1 Å². The summed E-state index contributed by atoms with van der Waals surface area (Å²) in [6.45, 7) is -0.841. The first-order valence-electron chi connectivity index (χ1n) is 8.95. The molecule has 5 rings (SSSR count). The number of carbonyl (C=O) groups excluding carboxylic acids is 1. The van der Waals surface area contributed by atoms with Gasteiger partial charge in [-0.1, -0.05) is 0 Å². The molecule has 2 bridgehead atoms. The van der Waals surface area contributed by atoms with Gasteiger partial charge in [-0.3, -0.25) is 4.79 Å². The number of benzene rings is 1. The SMILES string of the molecule is CN(C)C(=O)C12CC(C(F)(F)C(O)(Cn3cnnn3)c3ccc(F)cc3F)(C1)C2. The van der Waals surface area contributed by atoms with Gasteiger partial charge in [0.25, 0.3) is 5.92 Å². The van der Waals surface area contributed by atoms with Gasteiger partial charge in [0.1, 0.15) is 18.0 Å². The average Bonchev–Trinajstić information content (AvgIpc) is 3.04. The highest BCUT2D eigenvalue weighted by Crippen LogP contribution is 2.80. The van der Waals surface area contributed by atoms with Crippen LogP contribution in [0.25, 0.3) is 0 Å². The summed E-state index contributed by atoms with van der Waals surface area (Å²) in [5, 5.41) is 21.4. The van der Waals surface area contributed by atoms with E-state index in [1.807, 2.05) is 0 Å². The Labute approximate surface area is 163 Å². The first-order chi connectivity index (χ1) is 13.5. The van der Waals surface area contributed by atoms with Crippen LogP contribution in [0.4, 0.5) is 17.6 Å². The van der Waals surface area contributed by atoms with Crippen molar-refractivity contribution in [2.24, 2.45) is 10.8 Å². The molecule has 156 valence electrons. The van der Waals surface area contributed by atoms with Crippen molar-refractivity contribution in [2.75, 3.05) is 14.1 Å². The largest absolute Gasteiger partial charge is 0.377 e. The summed E-state index contributed by atoms with van der Waals surface area (Å²) in [4.78, 5) is 13.7. The average molecular weight is 413 g/mol. The Balaban J connectivity index is 1.73. The molecule has 1 heterocycles. The summed E-state index contributed by atoms with van der Waals surface area (Å²) in [7, 11) is 3.10. The second-order valence-electron chi connectivity index (χ2n) is 8.36. The highest BCUT2D eigenvalue weighted by Gasteiger charge is 2.84. The van der Waals surface area contributed by atoms with E-state index in [9.17, 15) is 18.7 Å². The number of hydrogen-bond donors (Lipinski definition) is 1. The first-order valence-corrected chi connectivity index (χ1v) is 8.95. The van der Waals surface area contributed by atoms with Gasteiger partial charge in [-0.15, -0.1) is 5.10 Å². The van der Waals surface area contributed by atoms with Gasteiger partial charge in [0.15, 0.2) is 5.60 Å². The van der Waals surface area contributed by atoms with Crippen molar-refractivity contribution in [3.05, 3.63) is 41.7 Å². The predicted molar refractivity (Wildman–Crippen MR) is 90.4 cm³/mol. The smallest absolute Gasteiger partial charge is 0.287 e. The standard InChI is InChI=1S/C18H19F4N5O2/c1-26(2)14(28)15-6-16(7-15,8-15)18(21,22)17(29,9-27-10-23-24-25-27)12-4-3-11(19)5-13(12)20/h3-5,10,29H,6-9H2,1-2H3. The van der Waals surface area contributed by atoms with Gasteiger partial charge in [-0.25, -0.2) is 22.2 Å². The van der Waals surface area contributed by atoms with Gasteiger partial charge < -0.3 is 10.0 Å². The van der Waals surface area contributed by atoms with E-state index in [-0.39, 0.29) is 25.2 Å². The number of carbonyl (C=O) groups is 1. The third kappa shape index (κ3) is 2.52. The molecule has 29 heavy (non-hydrogen) atoms. The zero-order chi connectivity index (χ0) is 21.2. The number of hydrogen-bond acceptors (Lipinski definition) is 5. The van der Waals surface area contributed by atoms with E-state index >= 15 is 8.78 Å². The lowest BCUT2D eigenvalue weighted by molar-refractivity contribution is -0.360. The third-order valence-corrected chi connectivity index (χ3v) is 6.23. The van der Waals surface area contributed by atoms with Crippen molar-refractivity contribution in [3.8, 4) is 0 Å². The van der Waals surface area contributed by atoms with Crippen LogP contribution in [0, 0.1) is 22.5 Å². The molecule has 1 unspecified atom stereocenters. The van der Waals surface area contributed by atoms with Gasteiger partial charge in [0, 0.05) is 31.1 Å². The third-order valence-electron chi connectivity index (χ3n) is 6.23. The topological polar surface area (TPSA) is 84.1 Å². The van der Waals surface area contributed by atoms with E-state index in [1.165, 1.54) is 4.90 Å². The Morgan fingerprint density at radius 3 is 2.45 bits per heavy atom. The zero-order valence-corrected chi connectivity index (χ0v) is 15.7. The number of halogens is 4. The van der Waals surface area contributed by atoms with Crippen molar-refractivity contribution >= 4 is 5.91 Å². The Kier molecular flexibility index (Phi) is 4.07. The Morgan fingerprint density at radius 1 is 1.28 bits per heavy atom. The van der Waals surface area contributed by atoms with Crippen molar-refractivity contribution in [1.29, 1.82) is 0 Å². The predicted octanol–water partition coefficient (Wildman–Crippen LogP) is 1.73. The van der Waals surface area contributed by atoms with Crippen LogP contribution in [0.5, 0.6) is 0 Å². The maximum absolute atomic E-state index is 15.8. The number of tetrazole rings is 1. The van der Waals surface area contributed by atoms with E-state index in [4.69, 9.17) is 0 Å². The fraction of sp³-hybridized carbons (Fsp3) is 0.556. The summed E-state index contributed by atoms with van der Waals surface area (Å²) in [5.74, 6) is -6.34. The number of alkyl halides is 2. The minimum absolute atomic E-state index is 0.120. The van der Waals surface area contributed by atoms with Gasteiger partial charge in [0.05, 0.1) is 12.0 Å². The van der Waals surface area contributed by atoms with Crippen LogP contribution in [0.2, 0.25) is 0 Å². The molecular weight excluding hydrogens is 394 g/mol. The van der Waals surface area contributed by atoms with E-state index < -0.39 is 46.1 Å². The van der Waals surface area contributed by atoms with Crippen LogP contribution in [0.15, 0.2) is 24.5 Å². The maximum Gasteiger partial charge on any atom is 0.287 e. The number of amides is 1. The molecule has 0 aliphatic heterocycles. The Bertz CT molecular complexity index is 945. The molecule has 3 fully saturated rings. The molecule has 11 heteroatoms. The molecule has 1 atom stereocenters. The van der Waals surface area contributed by atoms with E-state index in [1.54, 1.807) is 14.1 Å². The fourth-order valence-corrected chi connectivity index (χ4v) is 4.93. The van der Waals surface area contributed by atoms with E-state index in [0.717, 1.165) is 23.1 Å². The number of aromatic nitrogens is 4. The minimum atomic E-state index is -3.83. The highest BCUT2D eigenvalue weighted by atomic mass is 19.3. The Hall–Kier alpha value is -2.56. The summed E-state index contributed by atoms with van der Waals surface area (Å²) in [6.07, 6.45) is 0.655. The van der Waals surface area contributed by atoms with Gasteiger partial charge >= 0.3 is 0 Å². The second kappa shape index (κ2) is 5.97. The monoisotopic (exact) mass is 413 g/mol. The molecule has 1 aromatic heterocycles. The molecule has 0 spiro atoms. The number of nitrogens with zero attached hydrogens (tertiary/aromatic N) is 5. The lowest BCUT2D eigenvalue weighted by Crippen LogP contribution is -2.77. The first kappa shape index (κ1) is 19.7. The summed E-state index contributed by atoms with van der Waals surface area (Å²) in [5.41, 5.74) is -6.34. The van der Waals surface area contributed by atoms with E-state index in [0.29, 0.717) is 6.07 Å². The summed E-state index contributed by atoms with van der Waals surface area (Å²) in [6, 6.07) is 2.04. The molecule has 3 aliphatic rings.